The topological polar surface area (TPSA) is 103 Å². The summed E-state index contributed by atoms with van der Waals surface area (Å²) in [4.78, 5) is 25.2. The third-order valence-electron chi connectivity index (χ3n) is 5.13. The number of thioether (sulfide) groups is 1. The Bertz CT molecular complexity index is 1570. The second-order valence-corrected chi connectivity index (χ2v) is 8.46. The van der Waals surface area contributed by atoms with Crippen LogP contribution in [0.4, 0.5) is 10.1 Å². The molecule has 2 heterocycles. The quantitative estimate of drug-likeness (QED) is 0.340. The predicted molar refractivity (Wildman–Crippen MR) is 131 cm³/mol. The van der Waals surface area contributed by atoms with Crippen LogP contribution in [0.15, 0.2) is 93.3 Å². The molecule has 0 saturated heterocycles. The second-order valence-electron chi connectivity index (χ2n) is 7.53. The van der Waals surface area contributed by atoms with Crippen molar-refractivity contribution in [2.75, 3.05) is 11.1 Å². The zero-order valence-electron chi connectivity index (χ0n) is 18.2. The van der Waals surface area contributed by atoms with E-state index in [2.05, 4.69) is 20.6 Å². The van der Waals surface area contributed by atoms with Crippen molar-refractivity contribution in [3.8, 4) is 11.6 Å². The maximum absolute atomic E-state index is 13.7. The van der Waals surface area contributed by atoms with E-state index in [4.69, 9.17) is 4.42 Å². The molecule has 0 spiro atoms. The zero-order chi connectivity index (χ0) is 24.2. The van der Waals surface area contributed by atoms with E-state index in [-0.39, 0.29) is 34.7 Å². The number of nitrogens with one attached hydrogen (secondary N) is 1. The van der Waals surface area contributed by atoms with Gasteiger partial charge in [0.2, 0.25) is 5.91 Å². The average molecular weight is 488 g/mol. The molecular weight excluding hydrogens is 469 g/mol. The number of rotatable bonds is 7. The number of anilines is 1. The van der Waals surface area contributed by atoms with Gasteiger partial charge in [-0.3, -0.25) is 9.59 Å². The van der Waals surface area contributed by atoms with Gasteiger partial charge in [-0.2, -0.15) is 5.10 Å². The summed E-state index contributed by atoms with van der Waals surface area (Å²) >= 11 is 1.01. The minimum Gasteiger partial charge on any atom is -0.409 e. The maximum Gasteiger partial charge on any atom is 0.277 e. The molecule has 1 amide bonds. The number of fused-ring (bicyclic) bond motifs is 1. The van der Waals surface area contributed by atoms with E-state index in [1.807, 2.05) is 30.3 Å². The zero-order valence-corrected chi connectivity index (χ0v) is 19.0. The number of carbonyl (C=O) groups excluding carboxylic acids is 1. The first kappa shape index (κ1) is 22.5. The summed E-state index contributed by atoms with van der Waals surface area (Å²) in [5.74, 6) is -0.869. The lowest BCUT2D eigenvalue weighted by Crippen LogP contribution is -2.24. The fourth-order valence-corrected chi connectivity index (χ4v) is 4.06. The van der Waals surface area contributed by atoms with Crippen molar-refractivity contribution in [1.82, 2.24) is 20.0 Å². The summed E-state index contributed by atoms with van der Waals surface area (Å²) in [6.45, 7) is 0.281. The van der Waals surface area contributed by atoms with Gasteiger partial charge in [-0.05, 0) is 23.8 Å². The molecule has 0 aliphatic heterocycles. The Morgan fingerprint density at radius 2 is 1.66 bits per heavy atom. The van der Waals surface area contributed by atoms with Crippen LogP contribution in [0, 0.1) is 5.82 Å². The minimum absolute atomic E-state index is 0.0579. The van der Waals surface area contributed by atoms with Gasteiger partial charge in [0.1, 0.15) is 5.82 Å². The highest BCUT2D eigenvalue weighted by Gasteiger charge is 2.18. The molecule has 3 aromatic carbocycles. The molecule has 0 saturated carbocycles. The Hall–Kier alpha value is -4.31. The number of benzene rings is 3. The van der Waals surface area contributed by atoms with E-state index in [1.54, 1.807) is 36.4 Å². The molecular formula is C25H18FN5O3S. The van der Waals surface area contributed by atoms with Crippen LogP contribution in [0.25, 0.3) is 22.4 Å². The summed E-state index contributed by atoms with van der Waals surface area (Å²) in [5.41, 5.74) is 1.16. The molecule has 35 heavy (non-hydrogen) atoms. The lowest BCUT2D eigenvalue weighted by Gasteiger charge is -2.09. The Labute approximate surface area is 202 Å². The van der Waals surface area contributed by atoms with Crippen molar-refractivity contribution in [2.24, 2.45) is 0 Å². The van der Waals surface area contributed by atoms with Crippen LogP contribution in [-0.4, -0.2) is 31.6 Å². The van der Waals surface area contributed by atoms with Crippen LogP contribution in [0.3, 0.4) is 0 Å². The van der Waals surface area contributed by atoms with Gasteiger partial charge in [-0.25, -0.2) is 9.07 Å². The summed E-state index contributed by atoms with van der Waals surface area (Å²) in [6, 6.07) is 22.5. The monoisotopic (exact) mass is 487 g/mol. The molecule has 0 unspecified atom stereocenters. The summed E-state index contributed by atoms with van der Waals surface area (Å²) in [5, 5.41) is 16.3. The highest BCUT2D eigenvalue weighted by atomic mass is 32.2. The third-order valence-corrected chi connectivity index (χ3v) is 5.95. The number of hydrogen-bond donors (Lipinski definition) is 1. The first-order chi connectivity index (χ1) is 17.1. The molecule has 10 heteroatoms. The molecule has 0 radical (unpaired) electrons. The molecule has 0 bridgehead atoms. The van der Waals surface area contributed by atoms with Crippen molar-refractivity contribution in [2.45, 2.75) is 11.8 Å². The Morgan fingerprint density at radius 3 is 2.46 bits per heavy atom. The van der Waals surface area contributed by atoms with E-state index in [1.165, 1.54) is 16.8 Å². The first-order valence-corrected chi connectivity index (χ1v) is 11.6. The van der Waals surface area contributed by atoms with Crippen LogP contribution in [0.1, 0.15) is 5.56 Å². The molecule has 174 valence electrons. The number of hydrogen-bond acceptors (Lipinski definition) is 7. The van der Waals surface area contributed by atoms with E-state index in [0.29, 0.717) is 16.5 Å². The summed E-state index contributed by atoms with van der Waals surface area (Å²) in [7, 11) is 0. The smallest absolute Gasteiger partial charge is 0.277 e. The van der Waals surface area contributed by atoms with Gasteiger partial charge in [0.05, 0.1) is 23.4 Å². The van der Waals surface area contributed by atoms with Crippen LogP contribution < -0.4 is 10.9 Å². The Balaban J connectivity index is 1.39. The summed E-state index contributed by atoms with van der Waals surface area (Å²) in [6.07, 6.45) is 0. The highest BCUT2D eigenvalue weighted by molar-refractivity contribution is 7.99. The van der Waals surface area contributed by atoms with Crippen LogP contribution in [0.5, 0.6) is 0 Å². The molecule has 0 aliphatic rings. The van der Waals surface area contributed by atoms with Crippen molar-refractivity contribution in [3.05, 3.63) is 101 Å². The molecule has 5 rings (SSSR count). The normalized spacial score (nSPS) is 11.0. The molecule has 0 aliphatic carbocycles. The van der Waals surface area contributed by atoms with Crippen molar-refractivity contribution in [1.29, 1.82) is 0 Å². The predicted octanol–water partition coefficient (Wildman–Crippen LogP) is 4.36. The minimum atomic E-state index is -0.519. The van der Waals surface area contributed by atoms with E-state index >= 15 is 0 Å². The third kappa shape index (κ3) is 4.97. The highest BCUT2D eigenvalue weighted by Crippen LogP contribution is 2.27. The van der Waals surface area contributed by atoms with Crippen molar-refractivity contribution >= 4 is 34.1 Å². The molecule has 5 aromatic rings. The molecule has 0 fully saturated rings. The number of amides is 1. The second kappa shape index (κ2) is 9.90. The van der Waals surface area contributed by atoms with E-state index in [0.717, 1.165) is 17.3 Å². The number of halogens is 1. The number of carbonyl (C=O) groups is 1. The van der Waals surface area contributed by atoms with Gasteiger partial charge >= 0.3 is 0 Å². The fraction of sp³-hybridized carbons (Fsp3) is 0.0800. The van der Waals surface area contributed by atoms with Crippen LogP contribution >= 0.6 is 11.8 Å². The van der Waals surface area contributed by atoms with Gasteiger partial charge in [-0.15, -0.1) is 10.2 Å². The standard InChI is InChI=1S/C25H18FN5O3S/c26-19-12-6-7-13-20(19)27-21(32)15-35-25-29-28-23(34-25)22-17-10-4-5-11-18(17)24(33)31(30-22)14-16-8-2-1-3-9-16/h1-13H,14-15H2,(H,27,32). The van der Waals surface area contributed by atoms with Gasteiger partial charge in [0.25, 0.3) is 16.7 Å². The Kier molecular flexibility index (Phi) is 6.36. The number of nitrogens with zero attached hydrogens (tertiary/aromatic N) is 4. The Morgan fingerprint density at radius 1 is 0.943 bits per heavy atom. The molecule has 1 N–H and O–H groups in total. The van der Waals surface area contributed by atoms with Crippen molar-refractivity contribution < 1.29 is 13.6 Å². The van der Waals surface area contributed by atoms with Gasteiger partial charge in [-0.1, -0.05) is 72.4 Å². The average Bonchev–Trinajstić information content (AvgIpc) is 3.35. The van der Waals surface area contributed by atoms with Crippen LogP contribution in [0.2, 0.25) is 0 Å². The SMILES string of the molecule is O=C(CSc1nnc(-c2nn(Cc3ccccc3)c(=O)c3ccccc23)o1)Nc1ccccc1F. The molecule has 2 aromatic heterocycles. The molecule has 8 nitrogen and oxygen atoms in total. The molecule has 0 atom stereocenters. The largest absolute Gasteiger partial charge is 0.409 e. The van der Waals surface area contributed by atoms with Gasteiger partial charge in [0.15, 0.2) is 5.69 Å². The van der Waals surface area contributed by atoms with Gasteiger partial charge < -0.3 is 9.73 Å². The van der Waals surface area contributed by atoms with E-state index in [9.17, 15) is 14.0 Å². The van der Waals surface area contributed by atoms with Crippen LogP contribution in [-0.2, 0) is 11.3 Å². The number of para-hydroxylation sites is 1. The first-order valence-electron chi connectivity index (χ1n) is 10.6. The van der Waals surface area contributed by atoms with Crippen molar-refractivity contribution in [3.63, 3.8) is 0 Å². The lowest BCUT2D eigenvalue weighted by molar-refractivity contribution is -0.113. The van der Waals surface area contributed by atoms with E-state index < -0.39 is 11.7 Å². The number of aromatic nitrogens is 4. The fourth-order valence-electron chi connectivity index (χ4n) is 3.50. The maximum atomic E-state index is 13.7. The van der Waals surface area contributed by atoms with Gasteiger partial charge in [0, 0.05) is 5.39 Å². The summed E-state index contributed by atoms with van der Waals surface area (Å²) < 4.78 is 20.9. The lowest BCUT2D eigenvalue weighted by atomic mass is 10.1.